The Morgan fingerprint density at radius 1 is 1.04 bits per heavy atom. The number of hydrogen-bond donors (Lipinski definition) is 2. The number of rotatable bonds is 4. The van der Waals surface area contributed by atoms with Crippen LogP contribution in [-0.2, 0) is 6.54 Å². The lowest BCUT2D eigenvalue weighted by atomic mass is 10.1. The lowest BCUT2D eigenvalue weighted by Gasteiger charge is -2.07. The minimum atomic E-state index is -0.115. The number of aromatic nitrogens is 4. The van der Waals surface area contributed by atoms with Gasteiger partial charge in [0.25, 0.3) is 5.56 Å². The van der Waals surface area contributed by atoms with Crippen LogP contribution in [0, 0.1) is 13.8 Å². The molecule has 0 aliphatic heterocycles. The molecule has 0 saturated heterocycles. The van der Waals surface area contributed by atoms with Crippen molar-refractivity contribution in [1.82, 2.24) is 19.6 Å². The molecular formula is C21H20N4O2. The molecule has 0 atom stereocenters. The molecule has 0 amide bonds. The Balaban J connectivity index is 1.81. The Morgan fingerprint density at radius 3 is 2.56 bits per heavy atom. The van der Waals surface area contributed by atoms with E-state index in [4.69, 9.17) is 0 Å². The van der Waals surface area contributed by atoms with Crippen molar-refractivity contribution < 1.29 is 5.11 Å². The highest BCUT2D eigenvalue weighted by Crippen LogP contribution is 2.23. The maximum atomic E-state index is 13.1. The third-order valence-electron chi connectivity index (χ3n) is 4.49. The average molecular weight is 360 g/mol. The highest BCUT2D eigenvalue weighted by molar-refractivity contribution is 5.62. The van der Waals surface area contributed by atoms with Gasteiger partial charge in [0.2, 0.25) is 0 Å². The Kier molecular flexibility index (Phi) is 4.16. The first-order chi connectivity index (χ1) is 13.0. The number of aromatic hydroxyl groups is 1. The average Bonchev–Trinajstić information content (AvgIpc) is 3.14. The predicted molar refractivity (Wildman–Crippen MR) is 104 cm³/mol. The first-order valence-corrected chi connectivity index (χ1v) is 8.72. The number of aromatic amines is 1. The molecule has 2 aromatic carbocycles. The van der Waals surface area contributed by atoms with E-state index in [0.29, 0.717) is 12.1 Å². The summed E-state index contributed by atoms with van der Waals surface area (Å²) in [6.45, 7) is 4.25. The number of benzene rings is 2. The van der Waals surface area contributed by atoms with Crippen LogP contribution in [0.3, 0.4) is 0 Å². The van der Waals surface area contributed by atoms with Gasteiger partial charge in [0.15, 0.2) is 0 Å². The number of phenols is 1. The molecule has 27 heavy (non-hydrogen) atoms. The van der Waals surface area contributed by atoms with Gasteiger partial charge in [-0.05, 0) is 49.7 Å². The SMILES string of the molecule is Cc1cc(-c2c(C)[nH]n(-c3ccccc3)c2=O)n(Cc2cccc(O)c2)n1. The first-order valence-electron chi connectivity index (χ1n) is 8.72. The Hall–Kier alpha value is -3.54. The summed E-state index contributed by atoms with van der Waals surface area (Å²) in [5, 5.41) is 17.4. The second-order valence-electron chi connectivity index (χ2n) is 6.59. The highest BCUT2D eigenvalue weighted by Gasteiger charge is 2.19. The maximum Gasteiger partial charge on any atom is 0.280 e. The van der Waals surface area contributed by atoms with Crippen molar-refractivity contribution in [1.29, 1.82) is 0 Å². The number of nitrogens with zero attached hydrogens (tertiary/aromatic N) is 3. The van der Waals surface area contributed by atoms with E-state index in [-0.39, 0.29) is 11.3 Å². The number of phenolic OH excluding ortho intramolecular Hbond substituents is 1. The number of nitrogens with one attached hydrogen (secondary N) is 1. The zero-order chi connectivity index (χ0) is 19.0. The van der Waals surface area contributed by atoms with E-state index < -0.39 is 0 Å². The fourth-order valence-corrected chi connectivity index (χ4v) is 3.30. The molecule has 0 bridgehead atoms. The molecule has 6 heteroatoms. The van der Waals surface area contributed by atoms with Gasteiger partial charge in [0.1, 0.15) is 5.75 Å². The summed E-state index contributed by atoms with van der Waals surface area (Å²) in [6, 6.07) is 18.4. The van der Waals surface area contributed by atoms with E-state index in [1.165, 1.54) is 0 Å². The van der Waals surface area contributed by atoms with Crippen LogP contribution < -0.4 is 5.56 Å². The van der Waals surface area contributed by atoms with Gasteiger partial charge >= 0.3 is 0 Å². The van der Waals surface area contributed by atoms with Crippen LogP contribution in [0.15, 0.2) is 65.5 Å². The summed E-state index contributed by atoms with van der Waals surface area (Å²) in [5.74, 6) is 0.210. The number of para-hydroxylation sites is 1. The third-order valence-corrected chi connectivity index (χ3v) is 4.49. The molecule has 0 aliphatic carbocycles. The monoisotopic (exact) mass is 360 g/mol. The van der Waals surface area contributed by atoms with E-state index in [9.17, 15) is 9.90 Å². The van der Waals surface area contributed by atoms with Crippen molar-refractivity contribution in [2.24, 2.45) is 0 Å². The Labute approximate surface area is 156 Å². The molecule has 4 rings (SSSR count). The third kappa shape index (κ3) is 3.17. The first kappa shape index (κ1) is 16.9. The molecule has 2 heterocycles. The van der Waals surface area contributed by atoms with Crippen LogP contribution >= 0.6 is 0 Å². The molecule has 0 spiro atoms. The summed E-state index contributed by atoms with van der Waals surface area (Å²) in [4.78, 5) is 13.1. The Bertz CT molecular complexity index is 1150. The zero-order valence-electron chi connectivity index (χ0n) is 15.2. The van der Waals surface area contributed by atoms with Crippen molar-refractivity contribution in [3.05, 3.63) is 88.0 Å². The van der Waals surface area contributed by atoms with E-state index >= 15 is 0 Å². The van der Waals surface area contributed by atoms with Crippen molar-refractivity contribution in [3.8, 4) is 22.7 Å². The van der Waals surface area contributed by atoms with Gasteiger partial charge in [-0.3, -0.25) is 14.6 Å². The van der Waals surface area contributed by atoms with Crippen LogP contribution in [0.5, 0.6) is 5.75 Å². The van der Waals surface area contributed by atoms with Crippen LogP contribution in [0.1, 0.15) is 17.0 Å². The molecule has 0 fully saturated rings. The van der Waals surface area contributed by atoms with E-state index in [1.54, 1.807) is 27.6 Å². The molecule has 4 aromatic rings. The summed E-state index contributed by atoms with van der Waals surface area (Å²) in [7, 11) is 0. The summed E-state index contributed by atoms with van der Waals surface area (Å²) in [5.41, 5.74) is 4.54. The second kappa shape index (κ2) is 6.64. The van der Waals surface area contributed by atoms with Crippen molar-refractivity contribution in [2.75, 3.05) is 0 Å². The summed E-state index contributed by atoms with van der Waals surface area (Å²) < 4.78 is 3.35. The molecule has 2 N–H and O–H groups in total. The number of H-pyrrole nitrogens is 1. The van der Waals surface area contributed by atoms with Gasteiger partial charge in [-0.15, -0.1) is 0 Å². The van der Waals surface area contributed by atoms with Gasteiger partial charge in [-0.2, -0.15) is 5.10 Å². The van der Waals surface area contributed by atoms with Gasteiger partial charge < -0.3 is 5.11 Å². The summed E-state index contributed by atoms with van der Waals surface area (Å²) >= 11 is 0. The second-order valence-corrected chi connectivity index (χ2v) is 6.59. The van der Waals surface area contributed by atoms with Gasteiger partial charge in [0, 0.05) is 5.69 Å². The van der Waals surface area contributed by atoms with Crippen LogP contribution in [0.4, 0.5) is 0 Å². The number of hydrogen-bond acceptors (Lipinski definition) is 3. The van der Waals surface area contributed by atoms with E-state index in [0.717, 1.165) is 28.3 Å². The Morgan fingerprint density at radius 2 is 1.81 bits per heavy atom. The summed E-state index contributed by atoms with van der Waals surface area (Å²) in [6.07, 6.45) is 0. The van der Waals surface area contributed by atoms with Gasteiger partial charge in [0.05, 0.1) is 29.2 Å². The standard InChI is InChI=1S/C21H20N4O2/c1-14-11-19(24(22-14)13-16-7-6-10-18(26)12-16)20-15(2)23-25(21(20)27)17-8-4-3-5-9-17/h3-12,23,26H,13H2,1-2H3. The minimum absolute atomic E-state index is 0.115. The fraction of sp³-hybridized carbons (Fsp3) is 0.143. The largest absolute Gasteiger partial charge is 0.508 e. The quantitative estimate of drug-likeness (QED) is 0.586. The fourth-order valence-electron chi connectivity index (χ4n) is 3.30. The molecule has 0 saturated carbocycles. The highest BCUT2D eigenvalue weighted by atomic mass is 16.3. The predicted octanol–water partition coefficient (Wildman–Crippen LogP) is 3.40. The molecular weight excluding hydrogens is 340 g/mol. The van der Waals surface area contributed by atoms with E-state index in [1.807, 2.05) is 56.3 Å². The van der Waals surface area contributed by atoms with Gasteiger partial charge in [-0.25, -0.2) is 4.68 Å². The molecule has 0 aliphatic rings. The maximum absolute atomic E-state index is 13.1. The van der Waals surface area contributed by atoms with Crippen molar-refractivity contribution in [3.63, 3.8) is 0 Å². The lowest BCUT2D eigenvalue weighted by molar-refractivity contribution is 0.474. The molecule has 6 nitrogen and oxygen atoms in total. The normalized spacial score (nSPS) is 11.0. The zero-order valence-corrected chi connectivity index (χ0v) is 15.2. The smallest absolute Gasteiger partial charge is 0.280 e. The van der Waals surface area contributed by atoms with Crippen molar-refractivity contribution in [2.45, 2.75) is 20.4 Å². The number of aryl methyl sites for hydroxylation is 2. The van der Waals surface area contributed by atoms with Crippen molar-refractivity contribution >= 4 is 0 Å². The lowest BCUT2D eigenvalue weighted by Crippen LogP contribution is -2.17. The molecule has 136 valence electrons. The topological polar surface area (TPSA) is 75.8 Å². The molecule has 0 radical (unpaired) electrons. The molecule has 0 unspecified atom stereocenters. The molecule has 2 aromatic heterocycles. The van der Waals surface area contributed by atoms with E-state index in [2.05, 4.69) is 10.2 Å². The van der Waals surface area contributed by atoms with Crippen LogP contribution in [0.25, 0.3) is 16.9 Å². The van der Waals surface area contributed by atoms with Gasteiger partial charge in [-0.1, -0.05) is 30.3 Å². The minimum Gasteiger partial charge on any atom is -0.508 e. The van der Waals surface area contributed by atoms with Crippen LogP contribution in [0.2, 0.25) is 0 Å². The van der Waals surface area contributed by atoms with Crippen LogP contribution in [-0.4, -0.2) is 24.7 Å².